The van der Waals surface area contributed by atoms with Crippen LogP contribution in [0.3, 0.4) is 0 Å². The molecular weight excluding hydrogens is 256 g/mol. The molecule has 3 rings (SSSR count). The standard InChI is InChI=1S/C19H30N2/c1-4-5-15-6-10-17(11-7-15)21-13-18(16-8-9-16)20-12-19(21)14(2)3/h6-7,10-11,14,16,18-20H,4-5,8-9,12-13H2,1-3H3. The van der Waals surface area contributed by atoms with Crippen LogP contribution in [-0.2, 0) is 6.42 Å². The maximum atomic E-state index is 3.80. The van der Waals surface area contributed by atoms with Gasteiger partial charge < -0.3 is 10.2 Å². The van der Waals surface area contributed by atoms with Crippen LogP contribution in [0.25, 0.3) is 0 Å². The predicted octanol–water partition coefficient (Wildman–Crippen LogP) is 3.85. The number of hydrogen-bond acceptors (Lipinski definition) is 2. The van der Waals surface area contributed by atoms with Crippen molar-refractivity contribution in [1.82, 2.24) is 5.32 Å². The molecule has 1 aromatic carbocycles. The molecule has 0 spiro atoms. The fourth-order valence-corrected chi connectivity index (χ4v) is 3.64. The van der Waals surface area contributed by atoms with Crippen molar-refractivity contribution >= 4 is 5.69 Å². The lowest BCUT2D eigenvalue weighted by Crippen LogP contribution is -2.59. The summed E-state index contributed by atoms with van der Waals surface area (Å²) in [5.41, 5.74) is 2.89. The topological polar surface area (TPSA) is 15.3 Å². The van der Waals surface area contributed by atoms with Crippen molar-refractivity contribution in [3.05, 3.63) is 29.8 Å². The van der Waals surface area contributed by atoms with E-state index in [0.29, 0.717) is 18.0 Å². The Labute approximate surface area is 129 Å². The Balaban J connectivity index is 1.76. The van der Waals surface area contributed by atoms with E-state index in [9.17, 15) is 0 Å². The monoisotopic (exact) mass is 286 g/mol. The molecule has 0 bridgehead atoms. The maximum Gasteiger partial charge on any atom is 0.0438 e. The predicted molar refractivity (Wildman–Crippen MR) is 90.9 cm³/mol. The number of hydrogen-bond donors (Lipinski definition) is 1. The zero-order valence-corrected chi connectivity index (χ0v) is 13.8. The molecule has 1 aliphatic carbocycles. The first-order valence-electron chi connectivity index (χ1n) is 8.78. The molecule has 2 fully saturated rings. The van der Waals surface area contributed by atoms with Crippen molar-refractivity contribution in [3.63, 3.8) is 0 Å². The number of rotatable bonds is 5. The molecule has 116 valence electrons. The van der Waals surface area contributed by atoms with E-state index in [1.807, 2.05) is 0 Å². The van der Waals surface area contributed by atoms with Gasteiger partial charge in [-0.1, -0.05) is 39.3 Å². The second-order valence-corrected chi connectivity index (χ2v) is 7.23. The quantitative estimate of drug-likeness (QED) is 0.884. The Kier molecular flexibility index (Phi) is 4.54. The van der Waals surface area contributed by atoms with Crippen molar-refractivity contribution in [2.24, 2.45) is 11.8 Å². The van der Waals surface area contributed by atoms with Crippen molar-refractivity contribution in [1.29, 1.82) is 0 Å². The van der Waals surface area contributed by atoms with E-state index in [1.54, 1.807) is 0 Å². The maximum absolute atomic E-state index is 3.80. The number of nitrogens with zero attached hydrogens (tertiary/aromatic N) is 1. The first kappa shape index (κ1) is 14.9. The van der Waals surface area contributed by atoms with Crippen LogP contribution < -0.4 is 10.2 Å². The zero-order chi connectivity index (χ0) is 14.8. The number of benzene rings is 1. The van der Waals surface area contributed by atoms with Crippen LogP contribution in [0.15, 0.2) is 24.3 Å². The van der Waals surface area contributed by atoms with Gasteiger partial charge in [0, 0.05) is 30.9 Å². The lowest BCUT2D eigenvalue weighted by atomic mass is 9.96. The molecule has 1 aromatic rings. The van der Waals surface area contributed by atoms with E-state index in [0.717, 1.165) is 12.5 Å². The number of anilines is 1. The van der Waals surface area contributed by atoms with Crippen LogP contribution in [0.2, 0.25) is 0 Å². The first-order chi connectivity index (χ1) is 10.2. The fourth-order valence-electron chi connectivity index (χ4n) is 3.64. The van der Waals surface area contributed by atoms with Gasteiger partial charge >= 0.3 is 0 Å². The molecule has 0 aromatic heterocycles. The Morgan fingerprint density at radius 3 is 2.48 bits per heavy atom. The van der Waals surface area contributed by atoms with E-state index in [1.165, 1.54) is 43.5 Å². The third-order valence-electron chi connectivity index (χ3n) is 5.15. The molecule has 2 nitrogen and oxygen atoms in total. The van der Waals surface area contributed by atoms with Crippen molar-refractivity contribution in [3.8, 4) is 0 Å². The van der Waals surface area contributed by atoms with Crippen LogP contribution in [0.5, 0.6) is 0 Å². The van der Waals surface area contributed by atoms with E-state index >= 15 is 0 Å². The second kappa shape index (κ2) is 6.39. The number of nitrogens with one attached hydrogen (secondary N) is 1. The molecule has 1 heterocycles. The van der Waals surface area contributed by atoms with Crippen LogP contribution >= 0.6 is 0 Å². The van der Waals surface area contributed by atoms with Gasteiger partial charge in [-0.25, -0.2) is 0 Å². The summed E-state index contributed by atoms with van der Waals surface area (Å²) >= 11 is 0. The highest BCUT2D eigenvalue weighted by Crippen LogP contribution is 2.36. The Morgan fingerprint density at radius 2 is 1.90 bits per heavy atom. The summed E-state index contributed by atoms with van der Waals surface area (Å²) in [6.07, 6.45) is 5.27. The highest BCUT2D eigenvalue weighted by atomic mass is 15.2. The third kappa shape index (κ3) is 3.42. The summed E-state index contributed by atoms with van der Waals surface area (Å²) in [5.74, 6) is 1.62. The van der Waals surface area contributed by atoms with Gasteiger partial charge in [-0.2, -0.15) is 0 Å². The fraction of sp³-hybridized carbons (Fsp3) is 0.684. The van der Waals surface area contributed by atoms with E-state index in [2.05, 4.69) is 55.3 Å². The Bertz CT molecular complexity index is 447. The minimum absolute atomic E-state index is 0.622. The molecule has 0 radical (unpaired) electrons. The van der Waals surface area contributed by atoms with Gasteiger partial charge in [-0.15, -0.1) is 0 Å². The van der Waals surface area contributed by atoms with E-state index in [-0.39, 0.29) is 0 Å². The molecule has 0 amide bonds. The first-order valence-corrected chi connectivity index (χ1v) is 8.78. The minimum atomic E-state index is 0.622. The second-order valence-electron chi connectivity index (χ2n) is 7.23. The summed E-state index contributed by atoms with van der Waals surface area (Å²) < 4.78 is 0. The summed E-state index contributed by atoms with van der Waals surface area (Å²) in [6, 6.07) is 10.7. The van der Waals surface area contributed by atoms with Gasteiger partial charge in [0.05, 0.1) is 0 Å². The van der Waals surface area contributed by atoms with Crippen LogP contribution in [0, 0.1) is 11.8 Å². The van der Waals surface area contributed by atoms with E-state index in [4.69, 9.17) is 0 Å². The molecule has 2 atom stereocenters. The van der Waals surface area contributed by atoms with Crippen molar-refractivity contribution in [2.75, 3.05) is 18.0 Å². The van der Waals surface area contributed by atoms with Gasteiger partial charge in [-0.05, 0) is 48.8 Å². The average Bonchev–Trinajstić information content (AvgIpc) is 3.32. The van der Waals surface area contributed by atoms with Crippen LogP contribution in [0.4, 0.5) is 5.69 Å². The molecule has 1 saturated carbocycles. The van der Waals surface area contributed by atoms with Gasteiger partial charge in [0.2, 0.25) is 0 Å². The van der Waals surface area contributed by atoms with Gasteiger partial charge in [0.1, 0.15) is 0 Å². The Hall–Kier alpha value is -1.02. The lowest BCUT2D eigenvalue weighted by Gasteiger charge is -2.44. The highest BCUT2D eigenvalue weighted by molar-refractivity contribution is 5.50. The smallest absolute Gasteiger partial charge is 0.0438 e. The summed E-state index contributed by atoms with van der Waals surface area (Å²) in [7, 11) is 0. The van der Waals surface area contributed by atoms with Gasteiger partial charge in [0.25, 0.3) is 0 Å². The summed E-state index contributed by atoms with van der Waals surface area (Å²) in [6.45, 7) is 9.26. The lowest BCUT2D eigenvalue weighted by molar-refractivity contribution is 0.320. The molecule has 2 unspecified atom stereocenters. The van der Waals surface area contributed by atoms with Crippen molar-refractivity contribution in [2.45, 2.75) is 58.5 Å². The van der Waals surface area contributed by atoms with Gasteiger partial charge in [0.15, 0.2) is 0 Å². The average molecular weight is 286 g/mol. The molecule has 1 N–H and O–H groups in total. The van der Waals surface area contributed by atoms with E-state index < -0.39 is 0 Å². The summed E-state index contributed by atoms with van der Waals surface area (Å²) in [4.78, 5) is 2.67. The van der Waals surface area contributed by atoms with Crippen LogP contribution in [-0.4, -0.2) is 25.2 Å². The van der Waals surface area contributed by atoms with Crippen molar-refractivity contribution < 1.29 is 0 Å². The number of piperazine rings is 1. The third-order valence-corrected chi connectivity index (χ3v) is 5.15. The largest absolute Gasteiger partial charge is 0.365 e. The molecule has 2 aliphatic rings. The SMILES string of the molecule is CCCc1ccc(N2CC(C3CC3)NCC2C(C)C)cc1. The Morgan fingerprint density at radius 1 is 1.19 bits per heavy atom. The van der Waals surface area contributed by atoms with Crippen LogP contribution in [0.1, 0.15) is 45.6 Å². The molecule has 21 heavy (non-hydrogen) atoms. The number of aryl methyl sites for hydroxylation is 1. The minimum Gasteiger partial charge on any atom is -0.365 e. The molecule has 1 saturated heterocycles. The highest BCUT2D eigenvalue weighted by Gasteiger charge is 2.37. The zero-order valence-electron chi connectivity index (χ0n) is 13.8. The molecular formula is C19H30N2. The normalized spacial score (nSPS) is 26.4. The van der Waals surface area contributed by atoms with Gasteiger partial charge in [-0.3, -0.25) is 0 Å². The molecule has 2 heteroatoms. The summed E-state index contributed by atoms with van der Waals surface area (Å²) in [5, 5.41) is 3.80. The molecule has 1 aliphatic heterocycles.